The Labute approximate surface area is 50.6 Å². The van der Waals surface area contributed by atoms with Crippen LogP contribution in [0, 0.1) is 15.3 Å². The number of hydroxylamine groups is 2. The van der Waals surface area contributed by atoms with Crippen molar-refractivity contribution in [2.75, 3.05) is 0 Å². The van der Waals surface area contributed by atoms with Gasteiger partial charge in [0, 0.05) is 0 Å². The van der Waals surface area contributed by atoms with E-state index in [0.29, 0.717) is 0 Å². The first-order valence-corrected chi connectivity index (χ1v) is 2.28. The summed E-state index contributed by atoms with van der Waals surface area (Å²) in [6.07, 6.45) is 3.33. The Morgan fingerprint density at radius 1 is 1.67 bits per heavy atom. The van der Waals surface area contributed by atoms with Crippen LogP contribution in [0.3, 0.4) is 0 Å². The van der Waals surface area contributed by atoms with Gasteiger partial charge in [0.2, 0.25) is 0 Å². The van der Waals surface area contributed by atoms with Crippen LogP contribution >= 0.6 is 0 Å². The lowest BCUT2D eigenvalue weighted by Gasteiger charge is -2.03. The van der Waals surface area contributed by atoms with E-state index in [-0.39, 0.29) is 10.8 Å². The molecule has 1 N–H and O–H groups in total. The Hall–Kier alpha value is -1.20. The topological polar surface area (TPSA) is 70.6 Å². The van der Waals surface area contributed by atoms with Gasteiger partial charge in [-0.25, -0.2) is 0 Å². The highest BCUT2D eigenvalue weighted by molar-refractivity contribution is 5.09. The highest BCUT2D eigenvalue weighted by Gasteiger charge is 2.14. The van der Waals surface area contributed by atoms with E-state index < -0.39 is 4.92 Å². The molecule has 5 nitrogen and oxygen atoms in total. The molecule has 0 aromatic rings. The molecule has 1 atom stereocenters. The summed E-state index contributed by atoms with van der Waals surface area (Å²) >= 11 is 0. The monoisotopic (exact) mass is 128 g/mol. The van der Waals surface area contributed by atoms with E-state index in [9.17, 15) is 15.3 Å². The molecule has 1 aliphatic heterocycles. The number of quaternary nitrogens is 1. The standard InChI is InChI=1S/C4H4N2O3/c7-5-2-1-4(3-5)6(8)9/h1-3,5H. The van der Waals surface area contributed by atoms with Gasteiger partial charge in [0.05, 0.1) is 11.0 Å². The molecule has 0 saturated carbocycles. The van der Waals surface area contributed by atoms with E-state index in [0.717, 1.165) is 12.4 Å². The van der Waals surface area contributed by atoms with Crippen molar-refractivity contribution in [3.05, 3.63) is 39.5 Å². The molecule has 1 rings (SSSR count). The molecular weight excluding hydrogens is 124 g/mol. The zero-order valence-electron chi connectivity index (χ0n) is 4.40. The van der Waals surface area contributed by atoms with Crippen molar-refractivity contribution in [1.82, 2.24) is 0 Å². The Balaban J connectivity index is 2.75. The van der Waals surface area contributed by atoms with Crippen LogP contribution in [-0.4, -0.2) is 4.92 Å². The van der Waals surface area contributed by atoms with Crippen LogP contribution in [0.2, 0.25) is 0 Å². The normalized spacial score (nSPS) is 24.1. The van der Waals surface area contributed by atoms with E-state index in [1.807, 2.05) is 0 Å². The summed E-state index contributed by atoms with van der Waals surface area (Å²) in [5.41, 5.74) is -0.139. The summed E-state index contributed by atoms with van der Waals surface area (Å²) in [6, 6.07) is 0. The second-order valence-corrected chi connectivity index (χ2v) is 1.56. The van der Waals surface area contributed by atoms with Crippen molar-refractivity contribution >= 4 is 0 Å². The Kier molecular flexibility index (Phi) is 1.29. The molecule has 0 aromatic carbocycles. The second kappa shape index (κ2) is 1.96. The van der Waals surface area contributed by atoms with Gasteiger partial charge in [-0.3, -0.25) is 10.1 Å². The van der Waals surface area contributed by atoms with Gasteiger partial charge in [-0.2, -0.15) is 0 Å². The number of nitrogens with zero attached hydrogens (tertiary/aromatic N) is 1. The van der Waals surface area contributed by atoms with Crippen molar-refractivity contribution in [2.45, 2.75) is 0 Å². The van der Waals surface area contributed by atoms with Crippen LogP contribution in [-0.2, 0) is 0 Å². The molecule has 0 bridgehead atoms. The van der Waals surface area contributed by atoms with Gasteiger partial charge in [-0.05, 0) is 0 Å². The zero-order chi connectivity index (χ0) is 6.85. The van der Waals surface area contributed by atoms with Gasteiger partial charge in [-0.1, -0.05) is 0 Å². The molecule has 9 heavy (non-hydrogen) atoms. The van der Waals surface area contributed by atoms with Gasteiger partial charge in [0.25, 0.3) is 0 Å². The third-order valence-electron chi connectivity index (χ3n) is 0.919. The molecule has 0 aliphatic carbocycles. The molecule has 0 saturated heterocycles. The maximum atomic E-state index is 10.3. The Morgan fingerprint density at radius 2 is 2.33 bits per heavy atom. The van der Waals surface area contributed by atoms with Gasteiger partial charge in [-0.15, -0.1) is 0 Å². The fourth-order valence-corrected chi connectivity index (χ4v) is 0.523. The fraction of sp³-hybridized carbons (Fsp3) is 0. The van der Waals surface area contributed by atoms with E-state index in [4.69, 9.17) is 0 Å². The maximum absolute atomic E-state index is 10.3. The summed E-state index contributed by atoms with van der Waals surface area (Å²) in [7, 11) is 0. The summed E-state index contributed by atoms with van der Waals surface area (Å²) < 4.78 is 0. The summed E-state index contributed by atoms with van der Waals surface area (Å²) in [5, 5.41) is 19.9. The van der Waals surface area contributed by atoms with E-state index in [1.165, 1.54) is 6.08 Å². The number of hydrogen-bond acceptors (Lipinski definition) is 3. The van der Waals surface area contributed by atoms with E-state index in [2.05, 4.69) is 0 Å². The van der Waals surface area contributed by atoms with Crippen molar-refractivity contribution in [3.63, 3.8) is 0 Å². The van der Waals surface area contributed by atoms with Crippen LogP contribution in [0.4, 0.5) is 0 Å². The van der Waals surface area contributed by atoms with Crippen LogP contribution in [0.25, 0.3) is 0 Å². The molecule has 0 fully saturated rings. The lowest BCUT2D eigenvalue weighted by atomic mass is 10.5. The van der Waals surface area contributed by atoms with Crippen LogP contribution in [0.5, 0.6) is 0 Å². The predicted molar refractivity (Wildman–Crippen MR) is 28.5 cm³/mol. The first-order valence-electron chi connectivity index (χ1n) is 2.28. The van der Waals surface area contributed by atoms with Gasteiger partial charge < -0.3 is 10.3 Å². The van der Waals surface area contributed by atoms with Crippen molar-refractivity contribution in [2.24, 2.45) is 0 Å². The number of nitrogens with one attached hydrogen (secondary N) is 1. The molecule has 0 spiro atoms. The molecule has 1 aliphatic rings. The molecule has 1 heterocycles. The molecular formula is C4H4N2O3. The lowest BCUT2D eigenvalue weighted by molar-refractivity contribution is -0.729. The number of hydrogen-bond donors (Lipinski definition) is 1. The summed E-state index contributed by atoms with van der Waals surface area (Å²) in [4.78, 5) is 9.29. The minimum absolute atomic E-state index is 0.139. The summed E-state index contributed by atoms with van der Waals surface area (Å²) in [6.45, 7) is 0. The van der Waals surface area contributed by atoms with E-state index in [1.54, 1.807) is 0 Å². The third kappa shape index (κ3) is 1.13. The van der Waals surface area contributed by atoms with Gasteiger partial charge >= 0.3 is 5.70 Å². The quantitative estimate of drug-likeness (QED) is 0.280. The number of rotatable bonds is 1. The maximum Gasteiger partial charge on any atom is 0.327 e. The smallest absolute Gasteiger partial charge is 0.327 e. The average molecular weight is 128 g/mol. The predicted octanol–water partition coefficient (Wildman–Crippen LogP) is -0.986. The largest absolute Gasteiger partial charge is 0.624 e. The van der Waals surface area contributed by atoms with Crippen LogP contribution < -0.4 is 5.06 Å². The van der Waals surface area contributed by atoms with Crippen molar-refractivity contribution in [1.29, 1.82) is 0 Å². The minimum Gasteiger partial charge on any atom is -0.624 e. The molecule has 0 amide bonds. The Bertz CT molecular complexity index is 196. The van der Waals surface area contributed by atoms with Gasteiger partial charge in [0.1, 0.15) is 6.20 Å². The second-order valence-electron chi connectivity index (χ2n) is 1.56. The Morgan fingerprint density at radius 3 is 2.56 bits per heavy atom. The highest BCUT2D eigenvalue weighted by atomic mass is 16.6. The SMILES string of the molecule is O=[N+]([O-])C1=C[NH+]([O-])C=C1. The van der Waals surface area contributed by atoms with E-state index >= 15 is 0 Å². The number of nitro groups is 1. The first kappa shape index (κ1) is 5.93. The van der Waals surface area contributed by atoms with Crippen LogP contribution in [0.15, 0.2) is 24.2 Å². The molecule has 5 heteroatoms. The third-order valence-corrected chi connectivity index (χ3v) is 0.919. The zero-order valence-corrected chi connectivity index (χ0v) is 4.40. The molecule has 48 valence electrons. The molecule has 1 unspecified atom stereocenters. The van der Waals surface area contributed by atoms with Crippen molar-refractivity contribution in [3.8, 4) is 0 Å². The minimum atomic E-state index is -0.596. The first-order chi connectivity index (χ1) is 4.20. The molecule has 0 aromatic heterocycles. The van der Waals surface area contributed by atoms with Gasteiger partial charge in [0.15, 0.2) is 6.20 Å². The number of allylic oxidation sites excluding steroid dienone is 1. The highest BCUT2D eigenvalue weighted by Crippen LogP contribution is 1.96. The van der Waals surface area contributed by atoms with Crippen LogP contribution in [0.1, 0.15) is 0 Å². The molecule has 0 radical (unpaired) electrons. The summed E-state index contributed by atoms with van der Waals surface area (Å²) in [5.74, 6) is 0. The average Bonchev–Trinajstić information content (AvgIpc) is 2.14. The fourth-order valence-electron chi connectivity index (χ4n) is 0.523. The lowest BCUT2D eigenvalue weighted by Crippen LogP contribution is -2.96. The van der Waals surface area contributed by atoms with Crippen molar-refractivity contribution < 1.29 is 9.99 Å².